The molecule has 4 N–H and O–H groups in total. The molecule has 218 valence electrons. The zero-order valence-corrected chi connectivity index (χ0v) is 22.6. The Balaban J connectivity index is 1.12. The van der Waals surface area contributed by atoms with Crippen molar-refractivity contribution in [3.05, 3.63) is 131 Å². The van der Waals surface area contributed by atoms with Crippen molar-refractivity contribution in [2.75, 3.05) is 0 Å². The van der Waals surface area contributed by atoms with Gasteiger partial charge in [0.2, 0.25) is 0 Å². The number of carboxylic acid groups (broad SMARTS) is 2. The molecule has 12 nitrogen and oxygen atoms in total. The first-order chi connectivity index (χ1) is 21.3. The highest BCUT2D eigenvalue weighted by molar-refractivity contribution is 5.98. The Kier molecular flexibility index (Phi) is 8.52. The minimum atomic E-state index is -1.05. The second-order valence-electron chi connectivity index (χ2n) is 9.15. The minimum absolute atomic E-state index is 0.129. The van der Waals surface area contributed by atoms with Crippen molar-refractivity contribution in [2.45, 2.75) is 0 Å². The summed E-state index contributed by atoms with van der Waals surface area (Å²) in [6, 6.07) is 25.0. The van der Waals surface area contributed by atoms with Crippen molar-refractivity contribution in [2.24, 2.45) is 10.2 Å². The van der Waals surface area contributed by atoms with Gasteiger partial charge < -0.3 is 19.0 Å². The molecule has 2 amide bonds. The molecule has 0 aliphatic heterocycles. The van der Waals surface area contributed by atoms with Gasteiger partial charge >= 0.3 is 11.9 Å². The van der Waals surface area contributed by atoms with Gasteiger partial charge in [0.05, 0.1) is 23.6 Å². The van der Waals surface area contributed by atoms with E-state index in [4.69, 9.17) is 19.0 Å². The quantitative estimate of drug-likeness (QED) is 0.127. The van der Waals surface area contributed by atoms with Crippen molar-refractivity contribution in [3.8, 4) is 22.6 Å². The van der Waals surface area contributed by atoms with Crippen molar-refractivity contribution in [1.29, 1.82) is 0 Å². The van der Waals surface area contributed by atoms with Gasteiger partial charge in [-0.15, -0.1) is 0 Å². The number of carboxylic acids is 2. The first-order valence-corrected chi connectivity index (χ1v) is 12.9. The lowest BCUT2D eigenvalue weighted by Gasteiger charge is -2.02. The summed E-state index contributed by atoms with van der Waals surface area (Å²) in [4.78, 5) is 47.3. The van der Waals surface area contributed by atoms with E-state index in [1.807, 2.05) is 0 Å². The SMILES string of the molecule is O=C(O)c1cccc(-c2ccc(C=NNC(=O)c3ccc(C(=O)NN=Cc4ccc(-c5cccc(C(=O)O)c5)o4)cc3)o2)c1. The fourth-order valence-corrected chi connectivity index (χ4v) is 3.98. The largest absolute Gasteiger partial charge is 0.478 e. The Morgan fingerprint density at radius 3 is 1.34 bits per heavy atom. The first-order valence-electron chi connectivity index (χ1n) is 12.9. The average molecular weight is 591 g/mol. The Bertz CT molecular complexity index is 1780. The molecule has 2 aromatic heterocycles. The molecule has 0 spiro atoms. The number of nitrogens with zero attached hydrogens (tertiary/aromatic N) is 2. The van der Waals surface area contributed by atoms with Crippen LogP contribution in [0.3, 0.4) is 0 Å². The number of furan rings is 2. The van der Waals surface area contributed by atoms with Gasteiger partial charge in [-0.05, 0) is 72.8 Å². The molecule has 5 aromatic rings. The molecule has 0 aliphatic carbocycles. The molecule has 5 rings (SSSR count). The zero-order valence-electron chi connectivity index (χ0n) is 22.6. The summed E-state index contributed by atoms with van der Waals surface area (Å²) in [6.07, 6.45) is 2.61. The summed E-state index contributed by atoms with van der Waals surface area (Å²) in [5, 5.41) is 26.1. The number of hydrogen-bond donors (Lipinski definition) is 4. The monoisotopic (exact) mass is 590 g/mol. The summed E-state index contributed by atoms with van der Waals surface area (Å²) in [6.45, 7) is 0. The number of nitrogens with one attached hydrogen (secondary N) is 2. The molecule has 0 bridgehead atoms. The summed E-state index contributed by atoms with van der Waals surface area (Å²) in [5.74, 6) is -1.57. The van der Waals surface area contributed by atoms with E-state index in [9.17, 15) is 19.2 Å². The molecular weight excluding hydrogens is 568 g/mol. The van der Waals surface area contributed by atoms with E-state index in [2.05, 4.69) is 21.1 Å². The molecular formula is C32H22N4O8. The smallest absolute Gasteiger partial charge is 0.335 e. The number of rotatable bonds is 10. The van der Waals surface area contributed by atoms with E-state index in [0.29, 0.717) is 34.2 Å². The molecule has 0 atom stereocenters. The normalized spacial score (nSPS) is 11.1. The lowest BCUT2D eigenvalue weighted by molar-refractivity contribution is 0.0686. The molecule has 0 saturated carbocycles. The third-order valence-corrected chi connectivity index (χ3v) is 6.17. The van der Waals surface area contributed by atoms with Gasteiger partial charge in [-0.3, -0.25) is 9.59 Å². The van der Waals surface area contributed by atoms with Crippen molar-refractivity contribution in [3.63, 3.8) is 0 Å². The molecule has 0 unspecified atom stereocenters. The molecule has 12 heteroatoms. The van der Waals surface area contributed by atoms with Crippen LogP contribution in [0.4, 0.5) is 0 Å². The minimum Gasteiger partial charge on any atom is -0.478 e. The Morgan fingerprint density at radius 2 is 0.955 bits per heavy atom. The molecule has 3 aromatic carbocycles. The van der Waals surface area contributed by atoms with Gasteiger partial charge in [-0.1, -0.05) is 24.3 Å². The second-order valence-corrected chi connectivity index (χ2v) is 9.15. The first kappa shape index (κ1) is 29.0. The zero-order chi connectivity index (χ0) is 31.1. The summed E-state index contributed by atoms with van der Waals surface area (Å²) in [5.41, 5.74) is 6.67. The number of amides is 2. The van der Waals surface area contributed by atoms with Gasteiger partial charge in [0, 0.05) is 22.3 Å². The highest BCUT2D eigenvalue weighted by Crippen LogP contribution is 2.24. The maximum atomic E-state index is 12.5. The molecule has 0 saturated heterocycles. The van der Waals surface area contributed by atoms with Crippen molar-refractivity contribution >= 4 is 36.2 Å². The molecule has 0 radical (unpaired) electrons. The molecule has 0 aliphatic rings. The van der Waals surface area contributed by atoms with E-state index in [0.717, 1.165) is 0 Å². The van der Waals surface area contributed by atoms with Crippen molar-refractivity contribution < 1.29 is 38.2 Å². The fraction of sp³-hybridized carbons (Fsp3) is 0. The maximum Gasteiger partial charge on any atom is 0.335 e. The summed E-state index contributed by atoms with van der Waals surface area (Å²) < 4.78 is 11.3. The average Bonchev–Trinajstić information content (AvgIpc) is 3.71. The van der Waals surface area contributed by atoms with E-state index in [-0.39, 0.29) is 22.3 Å². The third-order valence-electron chi connectivity index (χ3n) is 6.17. The van der Waals surface area contributed by atoms with E-state index in [1.165, 1.54) is 61.0 Å². The number of aromatic carboxylic acids is 2. The van der Waals surface area contributed by atoms with Gasteiger partial charge in [0.25, 0.3) is 11.8 Å². The van der Waals surface area contributed by atoms with Crippen molar-refractivity contribution in [1.82, 2.24) is 10.9 Å². The lowest BCUT2D eigenvalue weighted by atomic mass is 10.1. The highest BCUT2D eigenvalue weighted by Gasteiger charge is 2.11. The fourth-order valence-electron chi connectivity index (χ4n) is 3.98. The summed E-state index contributed by atoms with van der Waals surface area (Å²) in [7, 11) is 0. The Hall–Kier alpha value is -6.56. The predicted molar refractivity (Wildman–Crippen MR) is 159 cm³/mol. The van der Waals surface area contributed by atoms with Crippen LogP contribution in [0.2, 0.25) is 0 Å². The highest BCUT2D eigenvalue weighted by atomic mass is 16.4. The number of benzene rings is 3. The topological polar surface area (TPSA) is 184 Å². The Morgan fingerprint density at radius 1 is 0.545 bits per heavy atom. The van der Waals surface area contributed by atoms with Crippen LogP contribution in [0.25, 0.3) is 22.6 Å². The maximum absolute atomic E-state index is 12.5. The van der Waals surface area contributed by atoms with Crippen LogP contribution >= 0.6 is 0 Å². The van der Waals surface area contributed by atoms with Gasteiger partial charge in [0.15, 0.2) is 0 Å². The standard InChI is InChI=1S/C32H22N4O8/c37-29(35-33-17-25-11-13-27(43-25)21-3-1-5-23(15-21)31(39)40)19-7-9-20(10-8-19)30(38)36-34-18-26-12-14-28(44-26)22-4-2-6-24(16-22)32(41)42/h1-18H,(H,35,37)(H,36,38)(H,39,40)(H,41,42). The van der Waals surface area contributed by atoms with Crippen LogP contribution in [0.1, 0.15) is 53.0 Å². The van der Waals surface area contributed by atoms with Gasteiger partial charge in [-0.25, -0.2) is 20.4 Å². The lowest BCUT2D eigenvalue weighted by Crippen LogP contribution is -2.19. The molecule has 2 heterocycles. The van der Waals surface area contributed by atoms with Gasteiger partial charge in [-0.2, -0.15) is 10.2 Å². The van der Waals surface area contributed by atoms with Crippen LogP contribution in [-0.4, -0.2) is 46.4 Å². The van der Waals surface area contributed by atoms with Crippen LogP contribution < -0.4 is 10.9 Å². The number of hydrogen-bond acceptors (Lipinski definition) is 8. The second kappa shape index (κ2) is 13.0. The molecule has 0 fully saturated rings. The van der Waals surface area contributed by atoms with Crippen LogP contribution in [-0.2, 0) is 0 Å². The summed E-state index contributed by atoms with van der Waals surface area (Å²) >= 11 is 0. The predicted octanol–water partition coefficient (Wildman–Crippen LogP) is 5.13. The number of carbonyl (C=O) groups excluding carboxylic acids is 2. The Labute approximate surface area is 249 Å². The van der Waals surface area contributed by atoms with E-state index in [1.54, 1.807) is 48.5 Å². The van der Waals surface area contributed by atoms with Crippen LogP contribution in [0, 0.1) is 0 Å². The van der Waals surface area contributed by atoms with Crippen LogP contribution in [0.5, 0.6) is 0 Å². The van der Waals surface area contributed by atoms with Gasteiger partial charge in [0.1, 0.15) is 23.0 Å². The van der Waals surface area contributed by atoms with E-state index < -0.39 is 23.8 Å². The van der Waals surface area contributed by atoms with Crippen LogP contribution in [0.15, 0.2) is 116 Å². The van der Waals surface area contributed by atoms with E-state index >= 15 is 0 Å². The third kappa shape index (κ3) is 7.01. The number of carbonyl (C=O) groups is 4. The molecule has 44 heavy (non-hydrogen) atoms. The number of hydrazone groups is 2.